The zero-order chi connectivity index (χ0) is 46.2. The molecule has 6 unspecified atom stereocenters. The Bertz CT molecular complexity index is 1400. The Morgan fingerprint density at radius 1 is 0.524 bits per heavy atom. The Morgan fingerprint density at radius 3 is 1.43 bits per heavy atom. The van der Waals surface area contributed by atoms with Crippen molar-refractivity contribution < 1.29 is 58.3 Å². The molecule has 1 fully saturated rings. The maximum atomic E-state index is 12.8. The van der Waals surface area contributed by atoms with Gasteiger partial charge >= 0.3 is 13.8 Å². The highest BCUT2D eigenvalue weighted by atomic mass is 31.2. The second-order valence-electron chi connectivity index (χ2n) is 15.9. The van der Waals surface area contributed by atoms with E-state index in [1.54, 1.807) is 0 Å². The molecule has 6 atom stereocenters. The summed E-state index contributed by atoms with van der Waals surface area (Å²) in [6.45, 7) is 3.99. The molecule has 0 saturated heterocycles. The predicted octanol–water partition coefficient (Wildman–Crippen LogP) is 9.92. The highest BCUT2D eigenvalue weighted by molar-refractivity contribution is 7.47. The van der Waals surface area contributed by atoms with E-state index >= 15 is 0 Å². The van der Waals surface area contributed by atoms with Crippen molar-refractivity contribution in [3.63, 3.8) is 0 Å². The summed E-state index contributed by atoms with van der Waals surface area (Å²) in [5, 5.41) is 50.2. The summed E-state index contributed by atoms with van der Waals surface area (Å²) in [5.74, 6) is -0.509. The van der Waals surface area contributed by atoms with Gasteiger partial charge in [0.05, 0.1) is 13.2 Å². The summed E-state index contributed by atoms with van der Waals surface area (Å²) < 4.78 is 34.1. The average Bonchev–Trinajstić information content (AvgIpc) is 3.27. The molecule has 1 rings (SSSR count). The maximum Gasteiger partial charge on any atom is 0.472 e. The first-order chi connectivity index (χ1) is 30.5. The van der Waals surface area contributed by atoms with E-state index in [0.29, 0.717) is 13.0 Å². The van der Waals surface area contributed by atoms with Crippen LogP contribution in [-0.2, 0) is 27.9 Å². The number of esters is 1. The second kappa shape index (κ2) is 39.6. The highest BCUT2D eigenvalue weighted by Crippen LogP contribution is 2.47. The van der Waals surface area contributed by atoms with Gasteiger partial charge in [0, 0.05) is 13.0 Å². The van der Waals surface area contributed by atoms with Gasteiger partial charge in [-0.25, -0.2) is 4.57 Å². The summed E-state index contributed by atoms with van der Waals surface area (Å²) in [6, 6.07) is 0. The van der Waals surface area contributed by atoms with E-state index in [0.717, 1.165) is 109 Å². The number of aliphatic hydroxyl groups is 5. The van der Waals surface area contributed by atoms with E-state index < -0.39 is 63.1 Å². The van der Waals surface area contributed by atoms with Crippen molar-refractivity contribution in [1.82, 2.24) is 0 Å². The number of rotatable bonds is 38. The molecule has 0 aromatic rings. The van der Waals surface area contributed by atoms with E-state index in [4.69, 9.17) is 18.5 Å². The van der Waals surface area contributed by atoms with Crippen LogP contribution in [0.2, 0.25) is 0 Å². The minimum Gasteiger partial charge on any atom is -0.457 e. The maximum absolute atomic E-state index is 12.8. The van der Waals surface area contributed by atoms with Gasteiger partial charge in [0.2, 0.25) is 0 Å². The number of ether oxygens (including phenoxy) is 2. The van der Waals surface area contributed by atoms with Crippen molar-refractivity contribution in [2.45, 2.75) is 191 Å². The normalized spacial score (nSPS) is 22.7. The number of unbranched alkanes of at least 4 members (excludes halogenated alkanes) is 10. The molecule has 1 aliphatic rings. The quantitative estimate of drug-likeness (QED) is 0.0149. The molecule has 0 spiro atoms. The summed E-state index contributed by atoms with van der Waals surface area (Å²) in [5.41, 5.74) is 0. The van der Waals surface area contributed by atoms with Crippen molar-refractivity contribution in [3.05, 3.63) is 97.2 Å². The van der Waals surface area contributed by atoms with Gasteiger partial charge in [0.15, 0.2) is 0 Å². The molecule has 0 aromatic carbocycles. The van der Waals surface area contributed by atoms with Crippen LogP contribution in [0, 0.1) is 0 Å². The largest absolute Gasteiger partial charge is 0.472 e. The third kappa shape index (κ3) is 31.7. The molecule has 12 nitrogen and oxygen atoms in total. The Labute approximate surface area is 379 Å². The number of phosphoric ester groups is 1. The Hall–Kier alpha value is -2.74. The van der Waals surface area contributed by atoms with Crippen LogP contribution in [0.25, 0.3) is 0 Å². The van der Waals surface area contributed by atoms with Crippen molar-refractivity contribution >= 4 is 13.8 Å². The van der Waals surface area contributed by atoms with Gasteiger partial charge in [0.25, 0.3) is 0 Å². The average molecular weight is 907 g/mol. The fraction of sp³-hybridized carbons (Fsp3) is 0.660. The highest BCUT2D eigenvalue weighted by Gasteiger charge is 2.51. The molecular weight excluding hydrogens is 824 g/mol. The molecule has 0 heterocycles. The first kappa shape index (κ1) is 58.3. The molecule has 6 N–H and O–H groups in total. The molecule has 0 amide bonds. The number of hydrogen-bond acceptors (Lipinski definition) is 11. The van der Waals surface area contributed by atoms with E-state index in [-0.39, 0.29) is 13.0 Å². The van der Waals surface area contributed by atoms with Gasteiger partial charge in [-0.15, -0.1) is 0 Å². The molecule has 360 valence electrons. The number of carbonyl (C=O) groups excluding carboxylic acids is 1. The van der Waals surface area contributed by atoms with Crippen molar-refractivity contribution in [1.29, 1.82) is 0 Å². The van der Waals surface area contributed by atoms with E-state index in [1.165, 1.54) is 12.8 Å². The van der Waals surface area contributed by atoms with Gasteiger partial charge in [-0.1, -0.05) is 150 Å². The third-order valence-corrected chi connectivity index (χ3v) is 11.2. The summed E-state index contributed by atoms with van der Waals surface area (Å²) in [4.78, 5) is 23.2. The van der Waals surface area contributed by atoms with Gasteiger partial charge in [-0.3, -0.25) is 13.8 Å². The Balaban J connectivity index is 2.43. The van der Waals surface area contributed by atoms with Crippen LogP contribution in [0.15, 0.2) is 97.2 Å². The lowest BCUT2D eigenvalue weighted by Gasteiger charge is -2.41. The van der Waals surface area contributed by atoms with Crippen LogP contribution in [0.1, 0.15) is 149 Å². The molecule has 0 aromatic heterocycles. The Morgan fingerprint density at radius 2 is 0.937 bits per heavy atom. The van der Waals surface area contributed by atoms with Crippen LogP contribution in [0.4, 0.5) is 0 Å². The Kier molecular flexibility index (Phi) is 36.6. The minimum absolute atomic E-state index is 0.112. The fourth-order valence-corrected chi connectivity index (χ4v) is 7.40. The first-order valence-corrected chi connectivity index (χ1v) is 25.1. The number of phosphoric acid groups is 1. The lowest BCUT2D eigenvalue weighted by Crippen LogP contribution is -2.64. The number of hydrogen-bond donors (Lipinski definition) is 6. The molecular formula is C50H83O12P. The molecule has 1 saturated carbocycles. The molecule has 0 radical (unpaired) electrons. The van der Waals surface area contributed by atoms with Gasteiger partial charge in [0.1, 0.15) is 42.7 Å². The van der Waals surface area contributed by atoms with E-state index in [9.17, 15) is 39.8 Å². The van der Waals surface area contributed by atoms with Crippen LogP contribution in [-0.4, -0.2) is 98.9 Å². The third-order valence-electron chi connectivity index (χ3n) is 10.2. The fourth-order valence-electron chi connectivity index (χ4n) is 6.43. The summed E-state index contributed by atoms with van der Waals surface area (Å²) in [6.07, 6.45) is 41.9. The molecule has 13 heteroatoms. The topological polar surface area (TPSA) is 192 Å². The number of aliphatic hydroxyl groups excluding tert-OH is 5. The van der Waals surface area contributed by atoms with E-state index in [1.807, 2.05) is 0 Å². The number of carbonyl (C=O) groups is 1. The zero-order valence-electron chi connectivity index (χ0n) is 38.3. The van der Waals surface area contributed by atoms with Crippen molar-refractivity contribution in [2.24, 2.45) is 0 Å². The van der Waals surface area contributed by atoms with Crippen LogP contribution in [0.5, 0.6) is 0 Å². The van der Waals surface area contributed by atoms with Crippen LogP contribution < -0.4 is 0 Å². The minimum atomic E-state index is -5.04. The molecule has 0 bridgehead atoms. The van der Waals surface area contributed by atoms with Gasteiger partial charge in [-0.05, 0) is 89.9 Å². The summed E-state index contributed by atoms with van der Waals surface area (Å²) >= 11 is 0. The van der Waals surface area contributed by atoms with Crippen LogP contribution >= 0.6 is 7.82 Å². The lowest BCUT2D eigenvalue weighted by molar-refractivity contribution is -0.220. The van der Waals surface area contributed by atoms with Crippen LogP contribution in [0.3, 0.4) is 0 Å². The standard InChI is InChI=1S/C50H83O12P/c1-3-5-7-9-11-13-15-17-19-20-21-22-23-24-25-26-28-30-32-34-36-38-40-59-41-43(42-60-63(57,58)62-50-48(55)46(53)45(52)47(54)49(50)56)61-44(51)39-37-35-33-31-29-27-18-16-14-12-10-8-6-4-2/h5,7,10-13,16-19,21-22,24-25,28,30,43,45-50,52-56H,3-4,6,8-9,14-15,20,23,26-27,29,31-42H2,1-2H3,(H,57,58)/b7-5-,12-10-,13-11-,18-16-,19-17-,22-21-,25-24-,30-28-. The summed E-state index contributed by atoms with van der Waals surface area (Å²) in [7, 11) is -5.04. The SMILES string of the molecule is CC/C=C\C/C=C\C/C=C\C/C=C\C/C=C\C/C=C\CCCCCOCC(COP(=O)(O)OC1C(O)C(O)C(O)C(O)C1O)OC(=O)CCCCCCC/C=C\C/C=C\CCCC. The molecule has 0 aliphatic heterocycles. The number of allylic oxidation sites excluding steroid dienone is 16. The predicted molar refractivity (Wildman–Crippen MR) is 253 cm³/mol. The van der Waals surface area contributed by atoms with Crippen molar-refractivity contribution in [3.8, 4) is 0 Å². The van der Waals surface area contributed by atoms with E-state index in [2.05, 4.69) is 111 Å². The smallest absolute Gasteiger partial charge is 0.457 e. The lowest BCUT2D eigenvalue weighted by atomic mass is 9.85. The first-order valence-electron chi connectivity index (χ1n) is 23.6. The van der Waals surface area contributed by atoms with Gasteiger partial charge in [-0.2, -0.15) is 0 Å². The molecule has 1 aliphatic carbocycles. The van der Waals surface area contributed by atoms with Gasteiger partial charge < -0.3 is 39.9 Å². The zero-order valence-corrected chi connectivity index (χ0v) is 39.2. The monoisotopic (exact) mass is 907 g/mol. The van der Waals surface area contributed by atoms with Crippen molar-refractivity contribution in [2.75, 3.05) is 19.8 Å². The second-order valence-corrected chi connectivity index (χ2v) is 17.3. The molecule has 63 heavy (non-hydrogen) atoms.